The van der Waals surface area contributed by atoms with Crippen molar-refractivity contribution in [2.45, 2.75) is 6.61 Å². The third-order valence-electron chi connectivity index (χ3n) is 2.88. The molecule has 0 bridgehead atoms. The number of hydrogen-bond acceptors (Lipinski definition) is 5. The fraction of sp³-hybridized carbons (Fsp3) is 0.0667. The molecule has 2 N–H and O–H groups in total. The lowest BCUT2D eigenvalue weighted by molar-refractivity contribution is 0.0471. The standard InChI is InChI=1S/C15H11BrN2O2S/c16-11-6-5-9(17)7-10(11)15(19)20-8-14-18-12-3-1-2-4-13(12)21-14/h1-7H,8,17H2. The lowest BCUT2D eigenvalue weighted by Crippen LogP contribution is -2.06. The zero-order valence-electron chi connectivity index (χ0n) is 10.9. The van der Waals surface area contributed by atoms with Crippen molar-refractivity contribution in [3.63, 3.8) is 0 Å². The number of nitrogen functional groups attached to an aromatic ring is 1. The van der Waals surface area contributed by atoms with Crippen molar-refractivity contribution in [3.05, 3.63) is 57.5 Å². The van der Waals surface area contributed by atoms with E-state index in [0.29, 0.717) is 15.7 Å². The molecule has 1 heterocycles. The summed E-state index contributed by atoms with van der Waals surface area (Å²) in [6.07, 6.45) is 0. The number of fused-ring (bicyclic) bond motifs is 1. The van der Waals surface area contributed by atoms with Crippen molar-refractivity contribution in [3.8, 4) is 0 Å². The maximum atomic E-state index is 12.1. The lowest BCUT2D eigenvalue weighted by atomic mass is 10.2. The summed E-state index contributed by atoms with van der Waals surface area (Å²) in [7, 11) is 0. The largest absolute Gasteiger partial charge is 0.455 e. The van der Waals surface area contributed by atoms with Gasteiger partial charge in [-0.05, 0) is 46.3 Å². The van der Waals surface area contributed by atoms with Crippen LogP contribution in [0.5, 0.6) is 0 Å². The second-order valence-corrected chi connectivity index (χ2v) is 6.36. The van der Waals surface area contributed by atoms with E-state index in [-0.39, 0.29) is 6.61 Å². The first-order valence-corrected chi connectivity index (χ1v) is 7.81. The third-order valence-corrected chi connectivity index (χ3v) is 4.58. The highest BCUT2D eigenvalue weighted by Gasteiger charge is 2.13. The van der Waals surface area contributed by atoms with E-state index in [4.69, 9.17) is 10.5 Å². The second-order valence-electron chi connectivity index (χ2n) is 4.39. The summed E-state index contributed by atoms with van der Waals surface area (Å²) < 4.78 is 7.04. The molecule has 0 atom stereocenters. The van der Waals surface area contributed by atoms with E-state index in [9.17, 15) is 4.79 Å². The highest BCUT2D eigenvalue weighted by Crippen LogP contribution is 2.24. The van der Waals surface area contributed by atoms with E-state index in [0.717, 1.165) is 15.2 Å². The minimum absolute atomic E-state index is 0.152. The molecule has 0 aliphatic rings. The highest BCUT2D eigenvalue weighted by molar-refractivity contribution is 9.10. The number of rotatable bonds is 3. The lowest BCUT2D eigenvalue weighted by Gasteiger charge is -2.05. The molecule has 0 saturated carbocycles. The average Bonchev–Trinajstić information content (AvgIpc) is 2.90. The third kappa shape index (κ3) is 3.06. The van der Waals surface area contributed by atoms with E-state index in [1.165, 1.54) is 11.3 Å². The van der Waals surface area contributed by atoms with Gasteiger partial charge >= 0.3 is 5.97 Å². The Bertz CT molecular complexity index is 783. The molecule has 3 rings (SSSR count). The number of benzene rings is 2. The monoisotopic (exact) mass is 362 g/mol. The van der Waals surface area contributed by atoms with Gasteiger partial charge in [-0.15, -0.1) is 11.3 Å². The Labute approximate surface area is 133 Å². The number of aromatic nitrogens is 1. The minimum Gasteiger partial charge on any atom is -0.455 e. The summed E-state index contributed by atoms with van der Waals surface area (Å²) in [5.74, 6) is -0.423. The average molecular weight is 363 g/mol. The second kappa shape index (κ2) is 5.83. The maximum Gasteiger partial charge on any atom is 0.339 e. The summed E-state index contributed by atoms with van der Waals surface area (Å²) in [6, 6.07) is 12.9. The summed E-state index contributed by atoms with van der Waals surface area (Å²) >= 11 is 4.83. The molecule has 0 aliphatic heterocycles. The topological polar surface area (TPSA) is 65.2 Å². The first kappa shape index (κ1) is 14.0. The molecule has 21 heavy (non-hydrogen) atoms. The van der Waals surface area contributed by atoms with E-state index in [2.05, 4.69) is 20.9 Å². The van der Waals surface area contributed by atoms with Crippen molar-refractivity contribution >= 4 is 49.1 Å². The Morgan fingerprint density at radius 1 is 1.29 bits per heavy atom. The molecule has 2 aromatic carbocycles. The van der Waals surface area contributed by atoms with Gasteiger partial charge in [0.25, 0.3) is 0 Å². The van der Waals surface area contributed by atoms with Gasteiger partial charge in [-0.25, -0.2) is 9.78 Å². The number of ether oxygens (including phenoxy) is 1. The quantitative estimate of drug-likeness (QED) is 0.564. The summed E-state index contributed by atoms with van der Waals surface area (Å²) in [5.41, 5.74) is 7.53. The predicted octanol–water partition coefficient (Wildman–Crippen LogP) is 4.00. The summed E-state index contributed by atoms with van der Waals surface area (Å²) in [5, 5.41) is 0.768. The normalized spacial score (nSPS) is 10.7. The van der Waals surface area contributed by atoms with Crippen LogP contribution in [0.1, 0.15) is 15.4 Å². The van der Waals surface area contributed by atoms with Crippen LogP contribution in [0.4, 0.5) is 5.69 Å². The molecule has 0 radical (unpaired) electrons. The van der Waals surface area contributed by atoms with Crippen molar-refractivity contribution in [2.24, 2.45) is 0 Å². The van der Waals surface area contributed by atoms with Gasteiger partial charge in [-0.3, -0.25) is 0 Å². The van der Waals surface area contributed by atoms with Gasteiger partial charge in [0, 0.05) is 10.2 Å². The van der Waals surface area contributed by atoms with Gasteiger partial charge in [0.15, 0.2) is 0 Å². The van der Waals surface area contributed by atoms with Crippen LogP contribution in [0.15, 0.2) is 46.9 Å². The molecule has 0 saturated heterocycles. The number of anilines is 1. The van der Waals surface area contributed by atoms with E-state index in [1.54, 1.807) is 18.2 Å². The number of nitrogens with two attached hydrogens (primary N) is 1. The van der Waals surface area contributed by atoms with Crippen molar-refractivity contribution < 1.29 is 9.53 Å². The van der Waals surface area contributed by atoms with Crippen molar-refractivity contribution in [2.75, 3.05) is 5.73 Å². The molecule has 0 fully saturated rings. The van der Waals surface area contributed by atoms with E-state index >= 15 is 0 Å². The Morgan fingerprint density at radius 3 is 2.90 bits per heavy atom. The Balaban J connectivity index is 1.74. The maximum absolute atomic E-state index is 12.1. The highest BCUT2D eigenvalue weighted by atomic mass is 79.9. The predicted molar refractivity (Wildman–Crippen MR) is 87.3 cm³/mol. The summed E-state index contributed by atoms with van der Waals surface area (Å²) in [6.45, 7) is 0.152. The van der Waals surface area contributed by atoms with Gasteiger partial charge in [-0.1, -0.05) is 12.1 Å². The molecule has 4 nitrogen and oxygen atoms in total. The van der Waals surface area contributed by atoms with Gasteiger partial charge in [0.1, 0.15) is 11.6 Å². The van der Waals surface area contributed by atoms with Crippen molar-refractivity contribution in [1.82, 2.24) is 4.98 Å². The van der Waals surface area contributed by atoms with Gasteiger partial charge in [0.05, 0.1) is 15.8 Å². The van der Waals surface area contributed by atoms with Gasteiger partial charge in [-0.2, -0.15) is 0 Å². The first-order chi connectivity index (χ1) is 10.1. The van der Waals surface area contributed by atoms with Crippen LogP contribution < -0.4 is 5.73 Å². The van der Waals surface area contributed by atoms with E-state index < -0.39 is 5.97 Å². The van der Waals surface area contributed by atoms with Crippen LogP contribution in [0.2, 0.25) is 0 Å². The van der Waals surface area contributed by atoms with Gasteiger partial charge in [0.2, 0.25) is 0 Å². The van der Waals surface area contributed by atoms with Crippen LogP contribution in [-0.2, 0) is 11.3 Å². The Morgan fingerprint density at radius 2 is 2.10 bits per heavy atom. The molecule has 3 aromatic rings. The molecule has 1 aromatic heterocycles. The molecular weight excluding hydrogens is 352 g/mol. The number of carbonyl (C=O) groups is 1. The summed E-state index contributed by atoms with van der Waals surface area (Å²) in [4.78, 5) is 16.5. The van der Waals surface area contributed by atoms with Gasteiger partial charge < -0.3 is 10.5 Å². The number of nitrogens with zero attached hydrogens (tertiary/aromatic N) is 1. The molecule has 0 amide bonds. The molecule has 0 aliphatic carbocycles. The van der Waals surface area contributed by atoms with Crippen LogP contribution >= 0.6 is 27.3 Å². The van der Waals surface area contributed by atoms with Crippen molar-refractivity contribution in [1.29, 1.82) is 0 Å². The SMILES string of the molecule is Nc1ccc(Br)c(C(=O)OCc2nc3ccccc3s2)c1. The Hall–Kier alpha value is -1.92. The molecular formula is C15H11BrN2O2S. The molecule has 0 spiro atoms. The smallest absolute Gasteiger partial charge is 0.339 e. The number of hydrogen-bond donors (Lipinski definition) is 1. The number of para-hydroxylation sites is 1. The molecule has 106 valence electrons. The number of esters is 1. The number of thiazole rings is 1. The minimum atomic E-state index is -0.423. The van der Waals surface area contributed by atoms with Crippen LogP contribution in [0.25, 0.3) is 10.2 Å². The van der Waals surface area contributed by atoms with Crippen LogP contribution in [-0.4, -0.2) is 11.0 Å². The molecule has 6 heteroatoms. The van der Waals surface area contributed by atoms with Crippen LogP contribution in [0.3, 0.4) is 0 Å². The number of carbonyl (C=O) groups excluding carboxylic acids is 1. The fourth-order valence-corrected chi connectivity index (χ4v) is 3.18. The molecule has 0 unspecified atom stereocenters. The van der Waals surface area contributed by atoms with E-state index in [1.807, 2.05) is 24.3 Å². The first-order valence-electron chi connectivity index (χ1n) is 6.20. The zero-order valence-corrected chi connectivity index (χ0v) is 13.3. The number of halogens is 1. The van der Waals surface area contributed by atoms with Crippen LogP contribution in [0, 0.1) is 0 Å². The fourth-order valence-electron chi connectivity index (χ4n) is 1.89. The Kier molecular flexibility index (Phi) is 3.90. The zero-order chi connectivity index (χ0) is 14.8.